The maximum atomic E-state index is 11.7. The first-order valence-corrected chi connectivity index (χ1v) is 7.46. The summed E-state index contributed by atoms with van der Waals surface area (Å²) < 4.78 is 28.4. The Labute approximate surface area is 101 Å². The summed E-state index contributed by atoms with van der Waals surface area (Å²) in [5.41, 5.74) is 0. The van der Waals surface area contributed by atoms with Gasteiger partial charge in [0.25, 0.3) is 0 Å². The van der Waals surface area contributed by atoms with E-state index in [-0.39, 0.29) is 17.0 Å². The minimum absolute atomic E-state index is 0.0172. The fourth-order valence-electron chi connectivity index (χ4n) is 1.94. The molecule has 2 unspecified atom stereocenters. The SMILES string of the molecule is CNC(C)c1nc(CC2CCCS2(=O)=O)no1. The average Bonchev–Trinajstić information content (AvgIpc) is 2.86. The van der Waals surface area contributed by atoms with E-state index in [1.807, 2.05) is 6.92 Å². The molecule has 1 aliphatic heterocycles. The summed E-state index contributed by atoms with van der Waals surface area (Å²) in [7, 11) is -1.14. The van der Waals surface area contributed by atoms with Gasteiger partial charge in [-0.3, -0.25) is 0 Å². The van der Waals surface area contributed by atoms with E-state index >= 15 is 0 Å². The lowest BCUT2D eigenvalue weighted by molar-refractivity contribution is 0.343. The van der Waals surface area contributed by atoms with E-state index < -0.39 is 9.84 Å². The highest BCUT2D eigenvalue weighted by Gasteiger charge is 2.32. The first-order valence-electron chi connectivity index (χ1n) is 5.74. The van der Waals surface area contributed by atoms with Crippen molar-refractivity contribution in [3.8, 4) is 0 Å². The Morgan fingerprint density at radius 1 is 1.59 bits per heavy atom. The smallest absolute Gasteiger partial charge is 0.243 e. The van der Waals surface area contributed by atoms with Gasteiger partial charge in [0.05, 0.1) is 17.0 Å². The van der Waals surface area contributed by atoms with Gasteiger partial charge in [0.1, 0.15) is 0 Å². The average molecular weight is 259 g/mol. The minimum atomic E-state index is -2.94. The zero-order valence-corrected chi connectivity index (χ0v) is 10.8. The molecule has 0 aliphatic carbocycles. The lowest BCUT2D eigenvalue weighted by Gasteiger charge is -2.05. The molecule has 6 nitrogen and oxygen atoms in total. The van der Waals surface area contributed by atoms with E-state index in [0.29, 0.717) is 24.6 Å². The molecular formula is C10H17N3O3S. The van der Waals surface area contributed by atoms with Crippen molar-refractivity contribution >= 4 is 9.84 Å². The predicted molar refractivity (Wildman–Crippen MR) is 62.3 cm³/mol. The Morgan fingerprint density at radius 3 is 2.94 bits per heavy atom. The summed E-state index contributed by atoms with van der Waals surface area (Å²) >= 11 is 0. The van der Waals surface area contributed by atoms with Crippen molar-refractivity contribution in [2.45, 2.75) is 37.5 Å². The second-order valence-corrected chi connectivity index (χ2v) is 6.80. The molecule has 1 fully saturated rings. The number of aromatic nitrogens is 2. The van der Waals surface area contributed by atoms with Gasteiger partial charge in [0.2, 0.25) is 5.89 Å². The number of hydrogen-bond donors (Lipinski definition) is 1. The number of nitrogens with zero attached hydrogens (tertiary/aromatic N) is 2. The van der Waals surface area contributed by atoms with E-state index in [9.17, 15) is 8.42 Å². The van der Waals surface area contributed by atoms with Gasteiger partial charge in [-0.2, -0.15) is 4.98 Å². The van der Waals surface area contributed by atoms with Gasteiger partial charge in [-0.25, -0.2) is 8.42 Å². The second-order valence-electron chi connectivity index (χ2n) is 4.39. The molecular weight excluding hydrogens is 242 g/mol. The van der Waals surface area contributed by atoms with E-state index in [1.54, 1.807) is 7.05 Å². The van der Waals surface area contributed by atoms with Crippen molar-refractivity contribution in [1.29, 1.82) is 0 Å². The molecule has 2 atom stereocenters. The Balaban J connectivity index is 2.07. The molecule has 0 saturated carbocycles. The molecule has 1 aromatic rings. The Kier molecular flexibility index (Phi) is 3.48. The molecule has 2 heterocycles. The number of nitrogens with one attached hydrogen (secondary N) is 1. The summed E-state index contributed by atoms with van der Waals surface area (Å²) in [6.45, 7) is 1.91. The topological polar surface area (TPSA) is 85.1 Å². The van der Waals surface area contributed by atoms with Gasteiger partial charge < -0.3 is 9.84 Å². The normalized spacial score (nSPS) is 24.9. The van der Waals surface area contributed by atoms with E-state index in [1.165, 1.54) is 0 Å². The third kappa shape index (κ3) is 2.66. The Bertz CT molecular complexity index is 483. The molecule has 1 saturated heterocycles. The molecule has 7 heteroatoms. The third-order valence-electron chi connectivity index (χ3n) is 3.16. The van der Waals surface area contributed by atoms with Gasteiger partial charge >= 0.3 is 0 Å². The molecule has 0 amide bonds. The summed E-state index contributed by atoms with van der Waals surface area (Å²) in [6, 6.07) is -0.0172. The number of sulfone groups is 1. The molecule has 0 spiro atoms. The monoisotopic (exact) mass is 259 g/mol. The lowest BCUT2D eigenvalue weighted by Crippen LogP contribution is -2.19. The molecule has 0 radical (unpaired) electrons. The van der Waals surface area contributed by atoms with Crippen molar-refractivity contribution < 1.29 is 12.9 Å². The number of rotatable bonds is 4. The van der Waals surface area contributed by atoms with Crippen LogP contribution in [0.2, 0.25) is 0 Å². The largest absolute Gasteiger partial charge is 0.338 e. The number of hydrogen-bond acceptors (Lipinski definition) is 6. The van der Waals surface area contributed by atoms with Crippen molar-refractivity contribution in [2.24, 2.45) is 0 Å². The highest BCUT2D eigenvalue weighted by molar-refractivity contribution is 7.92. The second kappa shape index (κ2) is 4.73. The van der Waals surface area contributed by atoms with E-state index in [2.05, 4.69) is 15.5 Å². The van der Waals surface area contributed by atoms with Crippen LogP contribution in [0.4, 0.5) is 0 Å². The Morgan fingerprint density at radius 2 is 2.35 bits per heavy atom. The molecule has 96 valence electrons. The van der Waals surface area contributed by atoms with Crippen LogP contribution in [0.25, 0.3) is 0 Å². The standard InChI is InChI=1S/C10H17N3O3S/c1-7(11-2)10-12-9(13-16-10)6-8-4-3-5-17(8,14)15/h7-8,11H,3-6H2,1-2H3. The van der Waals surface area contributed by atoms with Crippen molar-refractivity contribution in [2.75, 3.05) is 12.8 Å². The lowest BCUT2D eigenvalue weighted by atomic mass is 10.2. The summed E-state index contributed by atoms with van der Waals surface area (Å²) in [5, 5.41) is 6.48. The van der Waals surface area contributed by atoms with Gasteiger partial charge in [-0.15, -0.1) is 0 Å². The van der Waals surface area contributed by atoms with Crippen LogP contribution in [-0.2, 0) is 16.3 Å². The Hall–Kier alpha value is -0.950. The van der Waals surface area contributed by atoms with Crippen LogP contribution >= 0.6 is 0 Å². The quantitative estimate of drug-likeness (QED) is 0.846. The van der Waals surface area contributed by atoms with Crippen molar-refractivity contribution in [3.05, 3.63) is 11.7 Å². The molecule has 1 aliphatic rings. The zero-order valence-electron chi connectivity index (χ0n) is 10.0. The molecule has 2 rings (SSSR count). The van der Waals surface area contributed by atoms with Crippen molar-refractivity contribution in [3.63, 3.8) is 0 Å². The van der Waals surface area contributed by atoms with E-state index in [0.717, 1.165) is 6.42 Å². The van der Waals surface area contributed by atoms with Crippen LogP contribution in [-0.4, -0.2) is 36.6 Å². The predicted octanol–water partition coefficient (Wildman–Crippen LogP) is 0.470. The molecule has 17 heavy (non-hydrogen) atoms. The van der Waals surface area contributed by atoms with Gasteiger partial charge in [-0.1, -0.05) is 5.16 Å². The van der Waals surface area contributed by atoms with Crippen LogP contribution < -0.4 is 5.32 Å². The fraction of sp³-hybridized carbons (Fsp3) is 0.800. The summed E-state index contributed by atoms with van der Waals surface area (Å²) in [4.78, 5) is 4.21. The first-order chi connectivity index (χ1) is 8.03. The van der Waals surface area contributed by atoms with Gasteiger partial charge in [0.15, 0.2) is 15.7 Å². The highest BCUT2D eigenvalue weighted by atomic mass is 32.2. The molecule has 0 aromatic carbocycles. The molecule has 0 bridgehead atoms. The van der Waals surface area contributed by atoms with Crippen LogP contribution in [0, 0.1) is 0 Å². The first kappa shape index (κ1) is 12.5. The van der Waals surface area contributed by atoms with Crippen LogP contribution in [0.1, 0.15) is 37.5 Å². The van der Waals surface area contributed by atoms with Crippen molar-refractivity contribution in [1.82, 2.24) is 15.5 Å². The minimum Gasteiger partial charge on any atom is -0.338 e. The maximum Gasteiger partial charge on any atom is 0.243 e. The highest BCUT2D eigenvalue weighted by Crippen LogP contribution is 2.23. The summed E-state index contributed by atoms with van der Waals surface area (Å²) in [5.74, 6) is 1.27. The third-order valence-corrected chi connectivity index (χ3v) is 5.44. The van der Waals surface area contributed by atoms with Crippen LogP contribution in [0.5, 0.6) is 0 Å². The van der Waals surface area contributed by atoms with Crippen LogP contribution in [0.15, 0.2) is 4.52 Å². The zero-order chi connectivity index (χ0) is 12.5. The molecule has 1 N–H and O–H groups in total. The maximum absolute atomic E-state index is 11.7. The van der Waals surface area contributed by atoms with Gasteiger partial charge in [-0.05, 0) is 26.8 Å². The van der Waals surface area contributed by atoms with Gasteiger partial charge in [0, 0.05) is 6.42 Å². The van der Waals surface area contributed by atoms with E-state index in [4.69, 9.17) is 4.52 Å². The fourth-order valence-corrected chi connectivity index (χ4v) is 3.77. The molecule has 1 aromatic heterocycles. The summed E-state index contributed by atoms with van der Waals surface area (Å²) in [6.07, 6.45) is 1.81. The van der Waals surface area contributed by atoms with Crippen LogP contribution in [0.3, 0.4) is 0 Å².